The number of nitrogens with zero attached hydrogens (tertiary/aromatic N) is 5. The van der Waals surface area contributed by atoms with Crippen molar-refractivity contribution in [1.29, 1.82) is 0 Å². The van der Waals surface area contributed by atoms with Crippen molar-refractivity contribution in [1.82, 2.24) is 24.4 Å². The molecular formula is C24H23ClFN5O4. The van der Waals surface area contributed by atoms with Crippen LogP contribution in [0.2, 0.25) is 5.02 Å². The molecule has 3 aliphatic heterocycles. The average molecular weight is 500 g/mol. The molecule has 2 fully saturated rings. The highest BCUT2D eigenvalue weighted by Gasteiger charge is 2.42. The van der Waals surface area contributed by atoms with Crippen molar-refractivity contribution in [2.24, 2.45) is 0 Å². The Morgan fingerprint density at radius 3 is 2.71 bits per heavy atom. The summed E-state index contributed by atoms with van der Waals surface area (Å²) in [6, 6.07) is 4.22. The Hall–Kier alpha value is -3.24. The SMILES string of the molecule is O=C(O)CN1[C@@H]2CC[C@H]1C[C@@H](Oc1cc(F)ccc1C(=O)N1Cc3nn4cc(Cl)cnc4c3C1)C2. The minimum Gasteiger partial charge on any atom is -0.489 e. The van der Waals surface area contributed by atoms with Crippen molar-refractivity contribution in [2.75, 3.05) is 6.54 Å². The lowest BCUT2D eigenvalue weighted by molar-refractivity contribution is -0.140. The third-order valence-electron chi connectivity index (χ3n) is 7.22. The molecule has 3 atom stereocenters. The van der Waals surface area contributed by atoms with Crippen molar-refractivity contribution in [3.63, 3.8) is 0 Å². The van der Waals surface area contributed by atoms with Crippen LogP contribution in [-0.4, -0.2) is 66.1 Å². The summed E-state index contributed by atoms with van der Waals surface area (Å²) in [5.74, 6) is -1.37. The summed E-state index contributed by atoms with van der Waals surface area (Å²) >= 11 is 6.00. The number of carboxylic acids is 1. The van der Waals surface area contributed by atoms with Gasteiger partial charge in [-0.2, -0.15) is 5.10 Å². The molecular weight excluding hydrogens is 477 g/mol. The molecule has 2 bridgehead atoms. The van der Waals surface area contributed by atoms with E-state index in [1.54, 1.807) is 21.8 Å². The van der Waals surface area contributed by atoms with Gasteiger partial charge in [-0.05, 0) is 37.8 Å². The quantitative estimate of drug-likeness (QED) is 0.575. The van der Waals surface area contributed by atoms with Crippen LogP contribution in [0.3, 0.4) is 0 Å². The first kappa shape index (κ1) is 22.2. The molecule has 0 saturated carbocycles. The van der Waals surface area contributed by atoms with Gasteiger partial charge in [0.05, 0.1) is 42.1 Å². The molecule has 2 aromatic heterocycles. The van der Waals surface area contributed by atoms with Crippen LogP contribution in [0.25, 0.3) is 5.65 Å². The molecule has 182 valence electrons. The Balaban J connectivity index is 1.20. The van der Waals surface area contributed by atoms with Gasteiger partial charge in [-0.1, -0.05) is 11.6 Å². The zero-order chi connectivity index (χ0) is 24.3. The number of aliphatic carboxylic acids is 1. The number of benzene rings is 1. The lowest BCUT2D eigenvalue weighted by atomic mass is 9.99. The van der Waals surface area contributed by atoms with Gasteiger partial charge >= 0.3 is 5.97 Å². The number of fused-ring (bicyclic) bond motifs is 5. The van der Waals surface area contributed by atoms with E-state index in [9.17, 15) is 19.1 Å². The predicted molar refractivity (Wildman–Crippen MR) is 123 cm³/mol. The molecule has 3 aromatic rings. The summed E-state index contributed by atoms with van der Waals surface area (Å²) in [6.07, 6.45) is 6.14. The minimum absolute atomic E-state index is 0.0198. The molecule has 0 unspecified atom stereocenters. The highest BCUT2D eigenvalue weighted by Crippen LogP contribution is 2.38. The van der Waals surface area contributed by atoms with Gasteiger partial charge in [0.25, 0.3) is 5.91 Å². The first-order valence-corrected chi connectivity index (χ1v) is 12.0. The first-order valence-electron chi connectivity index (χ1n) is 11.6. The number of carbonyl (C=O) groups excluding carboxylic acids is 1. The van der Waals surface area contributed by atoms with Crippen LogP contribution >= 0.6 is 11.6 Å². The lowest BCUT2D eigenvalue weighted by Crippen LogP contribution is -2.48. The number of piperidine rings is 1. The van der Waals surface area contributed by atoms with E-state index in [1.165, 1.54) is 18.2 Å². The van der Waals surface area contributed by atoms with Gasteiger partial charge in [0.2, 0.25) is 0 Å². The Morgan fingerprint density at radius 2 is 1.97 bits per heavy atom. The number of carboxylic acid groups (broad SMARTS) is 1. The van der Waals surface area contributed by atoms with Gasteiger partial charge in [-0.25, -0.2) is 13.9 Å². The van der Waals surface area contributed by atoms with E-state index in [0.717, 1.165) is 24.1 Å². The van der Waals surface area contributed by atoms with E-state index in [4.69, 9.17) is 16.3 Å². The molecule has 0 radical (unpaired) electrons. The van der Waals surface area contributed by atoms with E-state index in [2.05, 4.69) is 10.1 Å². The van der Waals surface area contributed by atoms with Crippen LogP contribution in [0, 0.1) is 5.82 Å². The number of carbonyl (C=O) groups is 2. The summed E-state index contributed by atoms with van der Waals surface area (Å²) in [7, 11) is 0. The number of rotatable bonds is 5. The second-order valence-electron chi connectivity index (χ2n) is 9.43. The van der Waals surface area contributed by atoms with Crippen LogP contribution in [0.1, 0.15) is 47.3 Å². The molecule has 1 amide bonds. The number of ether oxygens (including phenoxy) is 1. The minimum atomic E-state index is -0.837. The van der Waals surface area contributed by atoms with E-state index in [0.29, 0.717) is 42.2 Å². The van der Waals surface area contributed by atoms with Gasteiger partial charge in [0.1, 0.15) is 17.7 Å². The molecule has 3 aliphatic rings. The monoisotopic (exact) mass is 499 g/mol. The summed E-state index contributed by atoms with van der Waals surface area (Å²) < 4.78 is 22.0. The molecule has 2 saturated heterocycles. The second kappa shape index (κ2) is 8.46. The summed E-state index contributed by atoms with van der Waals surface area (Å²) in [6.45, 7) is 0.663. The third kappa shape index (κ3) is 4.00. The maximum Gasteiger partial charge on any atom is 0.317 e. The van der Waals surface area contributed by atoms with Crippen molar-refractivity contribution in [3.8, 4) is 5.75 Å². The van der Waals surface area contributed by atoms with Crippen LogP contribution in [0.4, 0.5) is 4.39 Å². The van der Waals surface area contributed by atoms with E-state index < -0.39 is 11.8 Å². The fraction of sp³-hybridized carbons (Fsp3) is 0.417. The van der Waals surface area contributed by atoms with Crippen LogP contribution in [0.15, 0.2) is 30.6 Å². The van der Waals surface area contributed by atoms with Crippen molar-refractivity contribution in [2.45, 2.75) is 57.0 Å². The molecule has 35 heavy (non-hydrogen) atoms. The molecule has 0 spiro atoms. The molecule has 0 aliphatic carbocycles. The Kier molecular flexibility index (Phi) is 5.37. The van der Waals surface area contributed by atoms with Crippen molar-refractivity contribution in [3.05, 3.63) is 58.3 Å². The van der Waals surface area contributed by atoms with E-state index in [-0.39, 0.29) is 36.4 Å². The van der Waals surface area contributed by atoms with Crippen LogP contribution in [0.5, 0.6) is 5.75 Å². The molecule has 5 heterocycles. The highest BCUT2D eigenvalue weighted by molar-refractivity contribution is 6.30. The standard InChI is InChI=1S/C24H23ClFN5O4/c25-13-8-27-23-19-10-29(11-20(19)28-31(23)9-13)24(34)18-4-1-14(26)5-21(18)35-17-6-15-2-3-16(7-17)30(15)12-22(32)33/h1,4-5,8-9,15-17H,2-3,6-7,10-12H2,(H,32,33)/t15-,16+,17+. The fourth-order valence-electron chi connectivity index (χ4n) is 5.72. The zero-order valence-electron chi connectivity index (χ0n) is 18.7. The van der Waals surface area contributed by atoms with Crippen LogP contribution < -0.4 is 4.74 Å². The van der Waals surface area contributed by atoms with Crippen molar-refractivity contribution < 1.29 is 23.8 Å². The summed E-state index contributed by atoms with van der Waals surface area (Å²) in [5, 5.41) is 14.2. The second-order valence-corrected chi connectivity index (χ2v) is 9.87. The van der Waals surface area contributed by atoms with E-state index in [1.807, 2.05) is 4.90 Å². The lowest BCUT2D eigenvalue weighted by Gasteiger charge is -2.38. The number of hydrogen-bond acceptors (Lipinski definition) is 6. The third-order valence-corrected chi connectivity index (χ3v) is 7.42. The normalized spacial score (nSPS) is 23.6. The van der Waals surface area contributed by atoms with Gasteiger partial charge in [-0.3, -0.25) is 14.5 Å². The van der Waals surface area contributed by atoms with Crippen molar-refractivity contribution >= 4 is 29.1 Å². The smallest absolute Gasteiger partial charge is 0.317 e. The molecule has 11 heteroatoms. The Morgan fingerprint density at radius 1 is 1.20 bits per heavy atom. The zero-order valence-corrected chi connectivity index (χ0v) is 19.5. The topological polar surface area (TPSA) is 100 Å². The number of aromatic nitrogens is 3. The maximum absolute atomic E-state index is 14.2. The number of hydrogen-bond donors (Lipinski definition) is 1. The maximum atomic E-state index is 14.2. The largest absolute Gasteiger partial charge is 0.489 e. The average Bonchev–Trinajstić information content (AvgIpc) is 3.42. The number of halogens is 2. The van der Waals surface area contributed by atoms with Gasteiger partial charge in [0.15, 0.2) is 5.65 Å². The Labute approximate surface area is 205 Å². The molecule has 9 nitrogen and oxygen atoms in total. The van der Waals surface area contributed by atoms with E-state index >= 15 is 0 Å². The van der Waals surface area contributed by atoms with Gasteiger partial charge in [0, 0.05) is 29.9 Å². The summed E-state index contributed by atoms with van der Waals surface area (Å²) in [5.41, 5.74) is 2.56. The first-order chi connectivity index (χ1) is 16.9. The molecule has 1 aromatic carbocycles. The fourth-order valence-corrected chi connectivity index (χ4v) is 5.86. The summed E-state index contributed by atoms with van der Waals surface area (Å²) in [4.78, 5) is 32.7. The molecule has 6 rings (SSSR count). The molecule has 1 N–H and O–H groups in total. The highest BCUT2D eigenvalue weighted by atomic mass is 35.5. The van der Waals surface area contributed by atoms with Crippen LogP contribution in [-0.2, 0) is 17.9 Å². The van der Waals surface area contributed by atoms with Gasteiger partial charge < -0.3 is 14.7 Å². The number of amides is 1. The predicted octanol–water partition coefficient (Wildman–Crippen LogP) is 3.14. The van der Waals surface area contributed by atoms with Gasteiger partial charge in [-0.15, -0.1) is 0 Å². The Bertz CT molecular complexity index is 1330.